The van der Waals surface area contributed by atoms with Gasteiger partial charge in [-0.1, -0.05) is 0 Å². The summed E-state index contributed by atoms with van der Waals surface area (Å²) in [6.07, 6.45) is 0.161. The highest BCUT2D eigenvalue weighted by molar-refractivity contribution is 5.99. The minimum absolute atomic E-state index is 0.0145. The predicted molar refractivity (Wildman–Crippen MR) is 127 cm³/mol. The molecular weight excluding hydrogens is 508 g/mol. The van der Waals surface area contributed by atoms with Crippen LogP contribution in [-0.2, 0) is 4.79 Å². The summed E-state index contributed by atoms with van der Waals surface area (Å²) < 4.78 is 58.5. The number of nitrogens with zero attached hydrogens (tertiary/aromatic N) is 3. The highest BCUT2D eigenvalue weighted by Crippen LogP contribution is 2.47. The molecule has 38 heavy (non-hydrogen) atoms. The van der Waals surface area contributed by atoms with Gasteiger partial charge in [-0.2, -0.15) is 0 Å². The maximum atomic E-state index is 14.9. The summed E-state index contributed by atoms with van der Waals surface area (Å²) in [6.45, 7) is -0.0691. The third-order valence-corrected chi connectivity index (χ3v) is 7.77. The standard InChI is InChI=1S/C26H22F4N4O4/c27-13-5-18(29)23(19(30)6-13)34-10-16(26(38)31-20-8-17(28)11-3-12(20)4-11)24(37)15-1-2-21(32-25(15)34)33-9-14(35)7-22(33)36/h1-2,5-6,10-12,14,17,20,35H,3-4,7-9H2,(H,31,38)/t11?,12?,14-,17?,20?/m0/s1. The first kappa shape index (κ1) is 24.5. The summed E-state index contributed by atoms with van der Waals surface area (Å²) in [5.41, 5.74) is -2.32. The topological polar surface area (TPSA) is 105 Å². The Kier molecular flexibility index (Phi) is 5.74. The van der Waals surface area contributed by atoms with E-state index in [2.05, 4.69) is 10.3 Å². The number of nitrogens with one attached hydrogen (secondary N) is 1. The van der Waals surface area contributed by atoms with Gasteiger partial charge in [0, 0.05) is 24.4 Å². The molecule has 3 saturated carbocycles. The van der Waals surface area contributed by atoms with Crippen molar-refractivity contribution in [2.24, 2.45) is 11.8 Å². The van der Waals surface area contributed by atoms with Crippen LogP contribution in [0.25, 0.3) is 16.7 Å². The SMILES string of the molecule is O=C(NC1CC(F)C2CC1C2)c1cn(-c2c(F)cc(F)cc2F)c2nc(N3C[C@@H](O)CC3=O)ccc2c1=O. The zero-order valence-electron chi connectivity index (χ0n) is 19.8. The summed E-state index contributed by atoms with van der Waals surface area (Å²) in [7, 11) is 0. The van der Waals surface area contributed by atoms with Crippen molar-refractivity contribution in [1.29, 1.82) is 0 Å². The van der Waals surface area contributed by atoms with Crippen LogP contribution in [0.5, 0.6) is 0 Å². The molecule has 8 nitrogen and oxygen atoms in total. The average molecular weight is 530 g/mol. The van der Waals surface area contributed by atoms with E-state index in [9.17, 15) is 37.1 Å². The molecule has 3 aliphatic carbocycles. The number of alkyl halides is 1. The Morgan fingerprint density at radius 1 is 1.05 bits per heavy atom. The summed E-state index contributed by atoms with van der Waals surface area (Å²) in [5.74, 6) is -4.98. The Balaban J connectivity index is 1.50. The molecule has 2 N–H and O–H groups in total. The lowest BCUT2D eigenvalue weighted by atomic mass is 9.62. The number of aliphatic hydroxyl groups is 1. The summed E-state index contributed by atoms with van der Waals surface area (Å²) in [4.78, 5) is 44.3. The van der Waals surface area contributed by atoms with E-state index < -0.39 is 64.3 Å². The Morgan fingerprint density at radius 2 is 1.76 bits per heavy atom. The molecule has 12 heteroatoms. The lowest BCUT2D eigenvalue weighted by Crippen LogP contribution is -2.54. The fourth-order valence-corrected chi connectivity index (χ4v) is 5.73. The number of hydrogen-bond donors (Lipinski definition) is 2. The van der Waals surface area contributed by atoms with E-state index >= 15 is 0 Å². The summed E-state index contributed by atoms with van der Waals surface area (Å²) in [5, 5.41) is 12.4. The van der Waals surface area contributed by atoms with E-state index in [1.165, 1.54) is 17.0 Å². The maximum Gasteiger partial charge on any atom is 0.257 e. The first-order chi connectivity index (χ1) is 18.1. The number of benzene rings is 1. The van der Waals surface area contributed by atoms with Crippen LogP contribution in [0.1, 0.15) is 36.0 Å². The number of carbonyl (C=O) groups excluding carboxylic acids is 2. The second-order valence-corrected chi connectivity index (χ2v) is 10.2. The molecule has 1 aliphatic heterocycles. The van der Waals surface area contributed by atoms with Gasteiger partial charge in [-0.05, 0) is 43.2 Å². The van der Waals surface area contributed by atoms with Crippen molar-refractivity contribution in [3.05, 3.63) is 63.7 Å². The van der Waals surface area contributed by atoms with Crippen LogP contribution in [-0.4, -0.2) is 51.3 Å². The largest absolute Gasteiger partial charge is 0.391 e. The number of β-amino-alcohol motifs (C(OH)–C–C–N with tert-alkyl or cyclic N) is 1. The van der Waals surface area contributed by atoms with Crippen molar-refractivity contribution in [2.75, 3.05) is 11.4 Å². The van der Waals surface area contributed by atoms with Gasteiger partial charge in [0.2, 0.25) is 11.3 Å². The van der Waals surface area contributed by atoms with Gasteiger partial charge >= 0.3 is 0 Å². The molecule has 2 aromatic heterocycles. The van der Waals surface area contributed by atoms with Crippen LogP contribution in [0, 0.1) is 29.3 Å². The van der Waals surface area contributed by atoms with Crippen molar-refractivity contribution < 1.29 is 32.3 Å². The number of aromatic nitrogens is 2. The number of amides is 2. The number of halogens is 4. The Bertz CT molecular complexity index is 1530. The van der Waals surface area contributed by atoms with Crippen molar-refractivity contribution >= 4 is 28.7 Å². The zero-order chi connectivity index (χ0) is 26.9. The van der Waals surface area contributed by atoms with Crippen LogP contribution in [0.4, 0.5) is 23.4 Å². The molecule has 3 aromatic rings. The molecule has 4 fully saturated rings. The normalized spacial score (nSPS) is 26.5. The van der Waals surface area contributed by atoms with Crippen molar-refractivity contribution in [3.8, 4) is 5.69 Å². The summed E-state index contributed by atoms with van der Waals surface area (Å²) >= 11 is 0. The molecule has 7 rings (SSSR count). The monoisotopic (exact) mass is 530 g/mol. The van der Waals surface area contributed by atoms with Gasteiger partial charge in [0.25, 0.3) is 5.91 Å². The van der Waals surface area contributed by atoms with Gasteiger partial charge < -0.3 is 10.4 Å². The smallest absolute Gasteiger partial charge is 0.257 e. The van der Waals surface area contributed by atoms with E-state index in [1.54, 1.807) is 0 Å². The van der Waals surface area contributed by atoms with Crippen LogP contribution in [0.15, 0.2) is 35.3 Å². The van der Waals surface area contributed by atoms with E-state index in [0.29, 0.717) is 25.0 Å². The van der Waals surface area contributed by atoms with Crippen molar-refractivity contribution in [2.45, 2.75) is 44.0 Å². The molecule has 0 radical (unpaired) electrons. The third kappa shape index (κ3) is 3.94. The van der Waals surface area contributed by atoms with Gasteiger partial charge in [0.1, 0.15) is 29.1 Å². The van der Waals surface area contributed by atoms with Crippen LogP contribution >= 0.6 is 0 Å². The molecule has 198 valence electrons. The van der Waals surface area contributed by atoms with Crippen LogP contribution < -0.4 is 15.6 Å². The maximum absolute atomic E-state index is 14.9. The van der Waals surface area contributed by atoms with E-state index in [1.807, 2.05) is 0 Å². The number of anilines is 1. The van der Waals surface area contributed by atoms with E-state index in [-0.39, 0.29) is 48.1 Å². The van der Waals surface area contributed by atoms with E-state index in [0.717, 1.165) is 10.8 Å². The average Bonchev–Trinajstić information content (AvgIpc) is 3.16. The van der Waals surface area contributed by atoms with Gasteiger partial charge in [-0.25, -0.2) is 22.5 Å². The minimum Gasteiger partial charge on any atom is -0.391 e. The van der Waals surface area contributed by atoms with Crippen molar-refractivity contribution in [3.63, 3.8) is 0 Å². The molecule has 1 saturated heterocycles. The Hall–Kier alpha value is -3.80. The molecule has 2 bridgehead atoms. The lowest BCUT2D eigenvalue weighted by molar-refractivity contribution is -0.117. The highest BCUT2D eigenvalue weighted by Gasteiger charge is 2.47. The Morgan fingerprint density at radius 3 is 2.39 bits per heavy atom. The quantitative estimate of drug-likeness (QED) is 0.505. The van der Waals surface area contributed by atoms with E-state index in [4.69, 9.17) is 0 Å². The number of carbonyl (C=O) groups is 2. The number of fused-ring (bicyclic) bond motifs is 3. The minimum atomic E-state index is -1.31. The number of aliphatic hydroxyl groups excluding tert-OH is 1. The molecule has 0 spiro atoms. The van der Waals surface area contributed by atoms with Gasteiger partial charge in [0.15, 0.2) is 17.3 Å². The van der Waals surface area contributed by atoms with Gasteiger partial charge in [-0.15, -0.1) is 0 Å². The highest BCUT2D eigenvalue weighted by atomic mass is 19.1. The first-order valence-corrected chi connectivity index (χ1v) is 12.3. The zero-order valence-corrected chi connectivity index (χ0v) is 19.8. The molecule has 3 atom stereocenters. The van der Waals surface area contributed by atoms with Crippen LogP contribution in [0.2, 0.25) is 0 Å². The fourth-order valence-electron chi connectivity index (χ4n) is 5.73. The molecule has 2 unspecified atom stereocenters. The van der Waals surface area contributed by atoms with Gasteiger partial charge in [0.05, 0.1) is 24.5 Å². The summed E-state index contributed by atoms with van der Waals surface area (Å²) in [6, 6.07) is 3.00. The Labute approximate surface area is 212 Å². The predicted octanol–water partition coefficient (Wildman–Crippen LogP) is 2.77. The fraction of sp³-hybridized carbons (Fsp3) is 0.385. The molecule has 1 aromatic carbocycles. The second kappa shape index (κ2) is 8.90. The molecule has 2 amide bonds. The molecule has 3 heterocycles. The number of pyridine rings is 2. The molecular formula is C26H22F4N4O4. The number of rotatable bonds is 4. The molecule has 4 aliphatic rings. The first-order valence-electron chi connectivity index (χ1n) is 12.3. The second-order valence-electron chi connectivity index (χ2n) is 10.2. The van der Waals surface area contributed by atoms with Crippen LogP contribution in [0.3, 0.4) is 0 Å². The van der Waals surface area contributed by atoms with Crippen molar-refractivity contribution in [1.82, 2.24) is 14.9 Å². The van der Waals surface area contributed by atoms with Gasteiger partial charge in [-0.3, -0.25) is 23.9 Å². The third-order valence-electron chi connectivity index (χ3n) is 7.77. The lowest BCUT2D eigenvalue weighted by Gasteiger charge is -2.48. The number of hydrogen-bond acceptors (Lipinski definition) is 5.